The number of rotatable bonds is 12. The van der Waals surface area contributed by atoms with Gasteiger partial charge < -0.3 is 20.1 Å². The Kier molecular flexibility index (Phi) is 14.2. The highest BCUT2D eigenvalue weighted by atomic mass is 16.5. The van der Waals surface area contributed by atoms with Crippen LogP contribution in [0.4, 0.5) is 0 Å². The molecule has 0 aliphatic carbocycles. The lowest BCUT2D eigenvalue weighted by Crippen LogP contribution is -2.39. The zero-order chi connectivity index (χ0) is 15.8. The van der Waals surface area contributed by atoms with Gasteiger partial charge in [-0.1, -0.05) is 12.8 Å². The molecular weight excluding hydrogens is 270 g/mol. The third-order valence-electron chi connectivity index (χ3n) is 2.87. The predicted molar refractivity (Wildman–Crippen MR) is 85.6 cm³/mol. The number of esters is 1. The van der Waals surface area contributed by atoms with Crippen molar-refractivity contribution < 1.29 is 14.3 Å². The van der Waals surface area contributed by atoms with Gasteiger partial charge in [0.05, 0.1) is 13.2 Å². The number of hydrogen-bond acceptors (Lipinski definition) is 4. The highest BCUT2D eigenvalue weighted by molar-refractivity contribution is 5.79. The molecule has 0 heterocycles. The Morgan fingerprint density at radius 3 is 2.38 bits per heavy atom. The topological polar surface area (TPSA) is 72.0 Å². The zero-order valence-corrected chi connectivity index (χ0v) is 13.7. The van der Waals surface area contributed by atoms with Crippen molar-refractivity contribution in [2.75, 3.05) is 40.0 Å². The molecule has 0 spiro atoms. The molecule has 0 saturated carbocycles. The van der Waals surface area contributed by atoms with Crippen LogP contribution in [0.5, 0.6) is 0 Å². The molecule has 124 valence electrons. The normalized spacial score (nSPS) is 11.3. The first-order valence-corrected chi connectivity index (χ1v) is 7.92. The summed E-state index contributed by atoms with van der Waals surface area (Å²) in [7, 11) is 1.76. The van der Waals surface area contributed by atoms with Crippen LogP contribution in [0.15, 0.2) is 4.99 Å². The number of carbonyl (C=O) groups is 1. The van der Waals surface area contributed by atoms with E-state index in [1.165, 1.54) is 0 Å². The minimum atomic E-state index is -0.0884. The number of carbonyl (C=O) groups excluding carboxylic acids is 1. The summed E-state index contributed by atoms with van der Waals surface area (Å²) in [6, 6.07) is 0. The molecule has 0 atom stereocenters. The van der Waals surface area contributed by atoms with Gasteiger partial charge in [-0.3, -0.25) is 9.79 Å². The second-order valence-electron chi connectivity index (χ2n) is 4.59. The Labute approximate surface area is 128 Å². The number of ether oxygens (including phenoxy) is 2. The summed E-state index contributed by atoms with van der Waals surface area (Å²) >= 11 is 0. The number of aliphatic imine (C=N–C) groups is 1. The highest BCUT2D eigenvalue weighted by Crippen LogP contribution is 2.03. The minimum absolute atomic E-state index is 0.0884. The first kappa shape index (κ1) is 19.7. The lowest BCUT2D eigenvalue weighted by molar-refractivity contribution is -0.143. The number of hydrogen-bond donors (Lipinski definition) is 2. The van der Waals surface area contributed by atoms with Gasteiger partial charge in [-0.2, -0.15) is 0 Å². The fourth-order valence-corrected chi connectivity index (χ4v) is 1.79. The van der Waals surface area contributed by atoms with Crippen LogP contribution in [0.2, 0.25) is 0 Å². The second-order valence-corrected chi connectivity index (χ2v) is 4.59. The maximum absolute atomic E-state index is 11.1. The number of nitrogens with zero attached hydrogens (tertiary/aromatic N) is 1. The van der Waals surface area contributed by atoms with Crippen molar-refractivity contribution >= 4 is 11.9 Å². The largest absolute Gasteiger partial charge is 0.466 e. The molecule has 6 nitrogen and oxygen atoms in total. The van der Waals surface area contributed by atoms with E-state index in [-0.39, 0.29) is 5.97 Å². The molecule has 6 heteroatoms. The monoisotopic (exact) mass is 301 g/mol. The Hall–Kier alpha value is -1.30. The van der Waals surface area contributed by atoms with Crippen molar-refractivity contribution in [3.63, 3.8) is 0 Å². The molecule has 0 bridgehead atoms. The van der Waals surface area contributed by atoms with Gasteiger partial charge in [0.2, 0.25) is 0 Å². The molecule has 0 radical (unpaired) electrons. The minimum Gasteiger partial charge on any atom is -0.466 e. The third kappa shape index (κ3) is 13.4. The lowest BCUT2D eigenvalue weighted by atomic mass is 10.1. The third-order valence-corrected chi connectivity index (χ3v) is 2.87. The Morgan fingerprint density at radius 2 is 1.71 bits per heavy atom. The number of unbranched alkanes of at least 4 members (excludes halogenated alkanes) is 3. The van der Waals surface area contributed by atoms with Crippen molar-refractivity contribution in [2.45, 2.75) is 46.0 Å². The molecule has 0 aromatic heterocycles. The molecule has 0 aromatic rings. The summed E-state index contributed by atoms with van der Waals surface area (Å²) in [5.41, 5.74) is 0. The van der Waals surface area contributed by atoms with Gasteiger partial charge in [-0.05, 0) is 26.7 Å². The van der Waals surface area contributed by atoms with Crippen LogP contribution in [-0.2, 0) is 14.3 Å². The van der Waals surface area contributed by atoms with E-state index in [9.17, 15) is 4.79 Å². The van der Waals surface area contributed by atoms with Gasteiger partial charge in [0.15, 0.2) is 5.96 Å². The molecule has 0 rings (SSSR count). The van der Waals surface area contributed by atoms with Gasteiger partial charge in [-0.25, -0.2) is 0 Å². The van der Waals surface area contributed by atoms with Crippen LogP contribution in [0.25, 0.3) is 0 Å². The smallest absolute Gasteiger partial charge is 0.305 e. The quantitative estimate of drug-likeness (QED) is 0.248. The van der Waals surface area contributed by atoms with E-state index < -0.39 is 0 Å². The molecule has 0 saturated heterocycles. The van der Waals surface area contributed by atoms with Gasteiger partial charge in [0.1, 0.15) is 0 Å². The lowest BCUT2D eigenvalue weighted by Gasteiger charge is -2.11. The standard InChI is InChI=1S/C15H31N3O3/c1-4-20-13-12-18-15(16-3)17-11-9-7-6-8-10-14(19)21-5-2/h4-13H2,1-3H3,(H2,16,17,18). The van der Waals surface area contributed by atoms with Crippen LogP contribution in [0.1, 0.15) is 46.0 Å². The Morgan fingerprint density at radius 1 is 1.00 bits per heavy atom. The van der Waals surface area contributed by atoms with E-state index in [0.717, 1.165) is 51.3 Å². The van der Waals surface area contributed by atoms with Gasteiger partial charge >= 0.3 is 5.97 Å². The maximum Gasteiger partial charge on any atom is 0.305 e. The van der Waals surface area contributed by atoms with E-state index >= 15 is 0 Å². The van der Waals surface area contributed by atoms with Gasteiger partial charge in [-0.15, -0.1) is 0 Å². The summed E-state index contributed by atoms with van der Waals surface area (Å²) in [6.45, 7) is 7.34. The van der Waals surface area contributed by atoms with E-state index in [0.29, 0.717) is 19.6 Å². The summed E-state index contributed by atoms with van der Waals surface area (Å²) in [4.78, 5) is 15.3. The zero-order valence-electron chi connectivity index (χ0n) is 13.7. The van der Waals surface area contributed by atoms with Crippen molar-refractivity contribution in [3.05, 3.63) is 0 Å². The average molecular weight is 301 g/mol. The van der Waals surface area contributed by atoms with E-state index in [2.05, 4.69) is 15.6 Å². The highest BCUT2D eigenvalue weighted by Gasteiger charge is 2.01. The van der Waals surface area contributed by atoms with Crippen molar-refractivity contribution in [1.82, 2.24) is 10.6 Å². The number of guanidine groups is 1. The van der Waals surface area contributed by atoms with Crippen LogP contribution >= 0.6 is 0 Å². The predicted octanol–water partition coefficient (Wildman–Crippen LogP) is 1.70. The van der Waals surface area contributed by atoms with Crippen LogP contribution < -0.4 is 10.6 Å². The summed E-state index contributed by atoms with van der Waals surface area (Å²) in [5.74, 6) is 0.718. The Bertz CT molecular complexity index is 283. The van der Waals surface area contributed by atoms with Crippen LogP contribution in [-0.4, -0.2) is 51.9 Å². The van der Waals surface area contributed by atoms with Crippen molar-refractivity contribution in [3.8, 4) is 0 Å². The maximum atomic E-state index is 11.1. The SMILES string of the molecule is CCOCCNC(=NC)NCCCCCCC(=O)OCC. The molecule has 21 heavy (non-hydrogen) atoms. The second kappa shape index (κ2) is 15.1. The van der Waals surface area contributed by atoms with Gasteiger partial charge in [0, 0.05) is 33.2 Å². The van der Waals surface area contributed by atoms with E-state index in [1.54, 1.807) is 7.05 Å². The van der Waals surface area contributed by atoms with Crippen molar-refractivity contribution in [1.29, 1.82) is 0 Å². The summed E-state index contributed by atoms with van der Waals surface area (Å²) in [6.07, 6.45) is 4.65. The molecule has 0 fully saturated rings. The van der Waals surface area contributed by atoms with Crippen molar-refractivity contribution in [2.24, 2.45) is 4.99 Å². The van der Waals surface area contributed by atoms with E-state index in [4.69, 9.17) is 9.47 Å². The molecule has 2 N–H and O–H groups in total. The molecule has 0 aliphatic rings. The fraction of sp³-hybridized carbons (Fsp3) is 0.867. The average Bonchev–Trinajstić information content (AvgIpc) is 2.48. The van der Waals surface area contributed by atoms with Gasteiger partial charge in [0.25, 0.3) is 0 Å². The number of nitrogens with one attached hydrogen (secondary N) is 2. The molecule has 0 unspecified atom stereocenters. The molecular formula is C15H31N3O3. The first-order chi connectivity index (χ1) is 10.2. The van der Waals surface area contributed by atoms with Crippen LogP contribution in [0, 0.1) is 0 Å². The summed E-state index contributed by atoms with van der Waals surface area (Å²) < 4.78 is 10.1. The first-order valence-electron chi connectivity index (χ1n) is 7.92. The fourth-order valence-electron chi connectivity index (χ4n) is 1.79. The van der Waals surface area contributed by atoms with E-state index in [1.807, 2.05) is 13.8 Å². The van der Waals surface area contributed by atoms with Crippen LogP contribution in [0.3, 0.4) is 0 Å². The molecule has 0 aromatic carbocycles. The molecule has 0 amide bonds. The molecule has 0 aliphatic heterocycles. The Balaban J connectivity index is 3.41. The summed E-state index contributed by atoms with van der Waals surface area (Å²) in [5, 5.41) is 6.45.